The summed E-state index contributed by atoms with van der Waals surface area (Å²) in [6.07, 6.45) is 0. The second-order valence-corrected chi connectivity index (χ2v) is 5.08. The van der Waals surface area contributed by atoms with Crippen molar-refractivity contribution in [3.05, 3.63) is 58.9 Å². The molecule has 2 aromatic rings. The molecular formula is C18H20FNO3. The Morgan fingerprint density at radius 1 is 1.22 bits per heavy atom. The van der Waals surface area contributed by atoms with Crippen molar-refractivity contribution in [1.82, 2.24) is 0 Å². The van der Waals surface area contributed by atoms with Crippen LogP contribution in [0.15, 0.2) is 36.4 Å². The number of hydrogen-bond donors (Lipinski definition) is 1. The third kappa shape index (κ3) is 4.29. The zero-order chi connectivity index (χ0) is 16.8. The van der Waals surface area contributed by atoms with Gasteiger partial charge in [0.2, 0.25) is 0 Å². The van der Waals surface area contributed by atoms with E-state index in [0.717, 1.165) is 5.56 Å². The van der Waals surface area contributed by atoms with Crippen molar-refractivity contribution in [3.8, 4) is 5.75 Å². The first kappa shape index (κ1) is 17.0. The summed E-state index contributed by atoms with van der Waals surface area (Å²) < 4.78 is 23.8. The van der Waals surface area contributed by atoms with E-state index in [2.05, 4.69) is 5.32 Å². The molecule has 4 nitrogen and oxygen atoms in total. The Hall–Kier alpha value is -2.40. The average Bonchev–Trinajstić information content (AvgIpc) is 2.55. The fraction of sp³-hybridized carbons (Fsp3) is 0.278. The highest BCUT2D eigenvalue weighted by Gasteiger charge is 2.12. The van der Waals surface area contributed by atoms with Crippen LogP contribution in [0.4, 0.5) is 10.1 Å². The molecule has 0 aliphatic carbocycles. The fourth-order valence-corrected chi connectivity index (χ4v) is 2.21. The molecular weight excluding hydrogens is 297 g/mol. The van der Waals surface area contributed by atoms with Gasteiger partial charge >= 0.3 is 0 Å². The van der Waals surface area contributed by atoms with E-state index in [1.807, 2.05) is 6.92 Å². The SMILES string of the molecule is CCOCc1cc(C(=O)Nc2ccc(F)cc2C)ccc1OC. The molecule has 0 spiro atoms. The van der Waals surface area contributed by atoms with E-state index in [0.29, 0.717) is 35.8 Å². The van der Waals surface area contributed by atoms with Gasteiger partial charge in [-0.2, -0.15) is 0 Å². The number of rotatable bonds is 6. The number of hydrogen-bond acceptors (Lipinski definition) is 3. The summed E-state index contributed by atoms with van der Waals surface area (Å²) in [6.45, 7) is 4.60. The van der Waals surface area contributed by atoms with Gasteiger partial charge in [0.05, 0.1) is 13.7 Å². The third-order valence-electron chi connectivity index (χ3n) is 3.44. The Balaban J connectivity index is 2.21. The summed E-state index contributed by atoms with van der Waals surface area (Å²) in [5.41, 5.74) is 2.54. The lowest BCUT2D eigenvalue weighted by Gasteiger charge is -2.12. The van der Waals surface area contributed by atoms with E-state index < -0.39 is 0 Å². The zero-order valence-electron chi connectivity index (χ0n) is 13.5. The molecule has 5 heteroatoms. The highest BCUT2D eigenvalue weighted by molar-refractivity contribution is 6.04. The first-order chi connectivity index (χ1) is 11.0. The van der Waals surface area contributed by atoms with E-state index in [9.17, 15) is 9.18 Å². The number of aryl methyl sites for hydroxylation is 1. The maximum atomic E-state index is 13.1. The summed E-state index contributed by atoms with van der Waals surface area (Å²) >= 11 is 0. The molecule has 0 unspecified atom stereocenters. The zero-order valence-corrected chi connectivity index (χ0v) is 13.5. The number of carbonyl (C=O) groups is 1. The van der Waals surface area contributed by atoms with Crippen molar-refractivity contribution in [1.29, 1.82) is 0 Å². The number of amides is 1. The Morgan fingerprint density at radius 3 is 2.65 bits per heavy atom. The van der Waals surface area contributed by atoms with E-state index in [-0.39, 0.29) is 11.7 Å². The smallest absolute Gasteiger partial charge is 0.255 e. The predicted octanol–water partition coefficient (Wildman–Crippen LogP) is 3.93. The molecule has 1 N–H and O–H groups in total. The van der Waals surface area contributed by atoms with Gasteiger partial charge in [-0.3, -0.25) is 4.79 Å². The van der Waals surface area contributed by atoms with Gasteiger partial charge in [0, 0.05) is 23.4 Å². The summed E-state index contributed by atoms with van der Waals surface area (Å²) in [5.74, 6) is 0.0806. The Labute approximate surface area is 135 Å². The third-order valence-corrected chi connectivity index (χ3v) is 3.44. The average molecular weight is 317 g/mol. The van der Waals surface area contributed by atoms with Gasteiger partial charge in [-0.1, -0.05) is 0 Å². The van der Waals surface area contributed by atoms with Crippen LogP contribution in [0.25, 0.3) is 0 Å². The van der Waals surface area contributed by atoms with Gasteiger partial charge < -0.3 is 14.8 Å². The predicted molar refractivity (Wildman–Crippen MR) is 87.4 cm³/mol. The van der Waals surface area contributed by atoms with E-state index >= 15 is 0 Å². The maximum Gasteiger partial charge on any atom is 0.255 e. The molecule has 0 aliphatic rings. The maximum absolute atomic E-state index is 13.1. The molecule has 0 atom stereocenters. The molecule has 23 heavy (non-hydrogen) atoms. The molecule has 0 radical (unpaired) electrons. The molecule has 0 saturated carbocycles. The largest absolute Gasteiger partial charge is 0.496 e. The van der Waals surface area contributed by atoms with Gasteiger partial charge in [-0.05, 0) is 55.8 Å². The fourth-order valence-electron chi connectivity index (χ4n) is 2.21. The molecule has 0 saturated heterocycles. The summed E-state index contributed by atoms with van der Waals surface area (Å²) in [6, 6.07) is 9.40. The van der Waals surface area contributed by atoms with Crippen molar-refractivity contribution < 1.29 is 18.7 Å². The van der Waals surface area contributed by atoms with Gasteiger partial charge in [0.25, 0.3) is 5.91 Å². The minimum Gasteiger partial charge on any atom is -0.496 e. The minimum absolute atomic E-state index is 0.264. The van der Waals surface area contributed by atoms with Crippen molar-refractivity contribution in [2.45, 2.75) is 20.5 Å². The van der Waals surface area contributed by atoms with Crippen molar-refractivity contribution in [2.75, 3.05) is 19.0 Å². The van der Waals surface area contributed by atoms with Gasteiger partial charge in [-0.25, -0.2) is 4.39 Å². The van der Waals surface area contributed by atoms with Crippen LogP contribution in [-0.4, -0.2) is 19.6 Å². The monoisotopic (exact) mass is 317 g/mol. The second kappa shape index (κ2) is 7.74. The van der Waals surface area contributed by atoms with Crippen molar-refractivity contribution >= 4 is 11.6 Å². The van der Waals surface area contributed by atoms with E-state index in [4.69, 9.17) is 9.47 Å². The van der Waals surface area contributed by atoms with Crippen LogP contribution < -0.4 is 10.1 Å². The number of anilines is 1. The van der Waals surface area contributed by atoms with Crippen LogP contribution >= 0.6 is 0 Å². The molecule has 122 valence electrons. The van der Waals surface area contributed by atoms with Crippen LogP contribution in [0.2, 0.25) is 0 Å². The molecule has 1 amide bonds. The Bertz CT molecular complexity index is 701. The van der Waals surface area contributed by atoms with Crippen LogP contribution in [0.5, 0.6) is 5.75 Å². The first-order valence-corrected chi connectivity index (χ1v) is 7.37. The van der Waals surface area contributed by atoms with Gasteiger partial charge in [0.1, 0.15) is 11.6 Å². The Kier molecular flexibility index (Phi) is 5.71. The van der Waals surface area contributed by atoms with Crippen molar-refractivity contribution in [2.24, 2.45) is 0 Å². The number of benzene rings is 2. The lowest BCUT2D eigenvalue weighted by Crippen LogP contribution is -2.13. The molecule has 2 aromatic carbocycles. The molecule has 2 rings (SSSR count). The highest BCUT2D eigenvalue weighted by atomic mass is 19.1. The van der Waals surface area contributed by atoms with Gasteiger partial charge in [0.15, 0.2) is 0 Å². The molecule has 0 heterocycles. The lowest BCUT2D eigenvalue weighted by molar-refractivity contribution is 0.102. The van der Waals surface area contributed by atoms with Crippen LogP contribution in [0.3, 0.4) is 0 Å². The summed E-state index contributed by atoms with van der Waals surface area (Å²) in [5, 5.41) is 2.79. The standard InChI is InChI=1S/C18H20FNO3/c1-4-23-11-14-10-13(5-8-17(14)22-3)18(21)20-16-7-6-15(19)9-12(16)2/h5-10H,4,11H2,1-3H3,(H,20,21). The molecule has 0 bridgehead atoms. The topological polar surface area (TPSA) is 47.6 Å². The quantitative estimate of drug-likeness (QED) is 0.878. The van der Waals surface area contributed by atoms with Crippen molar-refractivity contribution in [3.63, 3.8) is 0 Å². The summed E-state index contributed by atoms with van der Waals surface area (Å²) in [7, 11) is 1.58. The lowest BCUT2D eigenvalue weighted by atomic mass is 10.1. The second-order valence-electron chi connectivity index (χ2n) is 5.08. The van der Waals surface area contributed by atoms with Gasteiger partial charge in [-0.15, -0.1) is 0 Å². The van der Waals surface area contributed by atoms with E-state index in [1.54, 1.807) is 38.3 Å². The number of halogens is 1. The minimum atomic E-state index is -0.330. The normalized spacial score (nSPS) is 10.4. The van der Waals surface area contributed by atoms with Crippen LogP contribution in [0.1, 0.15) is 28.4 Å². The molecule has 0 fully saturated rings. The molecule has 0 aliphatic heterocycles. The number of nitrogens with one attached hydrogen (secondary N) is 1. The Morgan fingerprint density at radius 2 is 2.00 bits per heavy atom. The van der Waals surface area contributed by atoms with Crippen LogP contribution in [0, 0.1) is 12.7 Å². The molecule has 0 aromatic heterocycles. The first-order valence-electron chi connectivity index (χ1n) is 7.37. The summed E-state index contributed by atoms with van der Waals surface area (Å²) in [4.78, 5) is 12.4. The highest BCUT2D eigenvalue weighted by Crippen LogP contribution is 2.22. The van der Waals surface area contributed by atoms with Crippen LogP contribution in [-0.2, 0) is 11.3 Å². The number of methoxy groups -OCH3 is 1. The van der Waals surface area contributed by atoms with E-state index in [1.165, 1.54) is 12.1 Å². The number of carbonyl (C=O) groups excluding carboxylic acids is 1. The number of ether oxygens (including phenoxy) is 2.